The summed E-state index contributed by atoms with van der Waals surface area (Å²) in [6.45, 7) is 5.34. The van der Waals surface area contributed by atoms with Crippen LogP contribution in [0.1, 0.15) is 35.4 Å². The summed E-state index contributed by atoms with van der Waals surface area (Å²) in [4.78, 5) is 14.9. The van der Waals surface area contributed by atoms with Crippen LogP contribution in [0.25, 0.3) is 0 Å². The number of aliphatic hydroxyl groups is 1. The minimum Gasteiger partial charge on any atom is -0.389 e. The van der Waals surface area contributed by atoms with Crippen LogP contribution in [0.5, 0.6) is 0 Å². The predicted octanol–water partition coefficient (Wildman–Crippen LogP) is 1.90. The highest BCUT2D eigenvalue weighted by atomic mass is 16.6. The Morgan fingerprint density at radius 2 is 2.15 bits per heavy atom. The van der Waals surface area contributed by atoms with Gasteiger partial charge in [-0.1, -0.05) is 0 Å². The van der Waals surface area contributed by atoms with E-state index in [0.29, 0.717) is 28.9 Å². The molecule has 1 atom stereocenters. The molecular formula is C13H16N4O3. The normalized spacial score (nSPS) is 12.4. The van der Waals surface area contributed by atoms with Crippen LogP contribution in [0.2, 0.25) is 0 Å². The number of aromatic nitrogens is 3. The van der Waals surface area contributed by atoms with E-state index in [9.17, 15) is 15.2 Å². The molecule has 0 bridgehead atoms. The first-order valence-electron chi connectivity index (χ1n) is 6.20. The molecule has 0 aliphatic rings. The van der Waals surface area contributed by atoms with E-state index in [-0.39, 0.29) is 10.6 Å². The first-order valence-corrected chi connectivity index (χ1v) is 6.20. The van der Waals surface area contributed by atoms with Crippen LogP contribution >= 0.6 is 0 Å². The molecule has 7 nitrogen and oxygen atoms in total. The fourth-order valence-electron chi connectivity index (χ4n) is 2.04. The van der Waals surface area contributed by atoms with Gasteiger partial charge < -0.3 is 5.11 Å². The third-order valence-electron chi connectivity index (χ3n) is 3.21. The summed E-state index contributed by atoms with van der Waals surface area (Å²) in [5.41, 5.74) is 2.48. The molecule has 0 aromatic carbocycles. The summed E-state index contributed by atoms with van der Waals surface area (Å²) >= 11 is 0. The molecule has 20 heavy (non-hydrogen) atoms. The average Bonchev–Trinajstić information content (AvgIpc) is 2.81. The van der Waals surface area contributed by atoms with Gasteiger partial charge in [0.2, 0.25) is 0 Å². The highest BCUT2D eigenvalue weighted by Gasteiger charge is 2.19. The zero-order chi connectivity index (χ0) is 14.9. The largest absolute Gasteiger partial charge is 0.389 e. The Bertz CT molecular complexity index is 649. The molecule has 1 N–H and O–H groups in total. The van der Waals surface area contributed by atoms with Gasteiger partial charge in [0, 0.05) is 23.5 Å². The van der Waals surface area contributed by atoms with Gasteiger partial charge in [-0.15, -0.1) is 0 Å². The summed E-state index contributed by atoms with van der Waals surface area (Å²) in [5, 5.41) is 24.6. The van der Waals surface area contributed by atoms with Crippen LogP contribution < -0.4 is 0 Å². The SMILES string of the molecule is Cc1cnc(Cn2cc(C(C)O)cn2)c(C)c1[N+](=O)[O-]. The van der Waals surface area contributed by atoms with Crippen molar-refractivity contribution in [3.8, 4) is 0 Å². The lowest BCUT2D eigenvalue weighted by Gasteiger charge is -2.07. The van der Waals surface area contributed by atoms with Crippen molar-refractivity contribution in [3.05, 3.63) is 51.1 Å². The molecule has 0 radical (unpaired) electrons. The zero-order valence-electron chi connectivity index (χ0n) is 11.6. The van der Waals surface area contributed by atoms with Gasteiger partial charge in [0.05, 0.1) is 35.0 Å². The summed E-state index contributed by atoms with van der Waals surface area (Å²) in [5.74, 6) is 0. The van der Waals surface area contributed by atoms with Crippen molar-refractivity contribution in [1.29, 1.82) is 0 Å². The smallest absolute Gasteiger partial charge is 0.278 e. The molecule has 2 heterocycles. The Labute approximate surface area is 116 Å². The Balaban J connectivity index is 2.34. The topological polar surface area (TPSA) is 94.1 Å². The molecule has 0 aliphatic carbocycles. The molecular weight excluding hydrogens is 260 g/mol. The van der Waals surface area contributed by atoms with Gasteiger partial charge in [0.25, 0.3) is 5.69 Å². The number of hydrogen-bond donors (Lipinski definition) is 1. The maximum Gasteiger partial charge on any atom is 0.278 e. The van der Waals surface area contributed by atoms with Gasteiger partial charge in [-0.05, 0) is 20.8 Å². The minimum atomic E-state index is -0.592. The van der Waals surface area contributed by atoms with Gasteiger partial charge in [0.15, 0.2) is 0 Å². The van der Waals surface area contributed by atoms with Crippen molar-refractivity contribution in [2.75, 3.05) is 0 Å². The lowest BCUT2D eigenvalue weighted by Crippen LogP contribution is -2.07. The first-order chi connectivity index (χ1) is 9.40. The number of aryl methyl sites for hydroxylation is 1. The molecule has 2 aromatic rings. The lowest BCUT2D eigenvalue weighted by molar-refractivity contribution is -0.386. The number of nitro groups is 1. The number of rotatable bonds is 4. The number of pyridine rings is 1. The van der Waals surface area contributed by atoms with E-state index in [4.69, 9.17) is 0 Å². The van der Waals surface area contributed by atoms with Crippen molar-refractivity contribution < 1.29 is 10.0 Å². The molecule has 106 valence electrons. The second-order valence-electron chi connectivity index (χ2n) is 4.77. The highest BCUT2D eigenvalue weighted by molar-refractivity contribution is 5.47. The molecule has 1 unspecified atom stereocenters. The summed E-state index contributed by atoms with van der Waals surface area (Å²) in [6, 6.07) is 0. The Kier molecular flexibility index (Phi) is 3.80. The molecule has 2 aromatic heterocycles. The molecule has 0 fully saturated rings. The Hall–Kier alpha value is -2.28. The van der Waals surface area contributed by atoms with E-state index in [2.05, 4.69) is 10.1 Å². The molecule has 0 saturated carbocycles. The summed E-state index contributed by atoms with van der Waals surface area (Å²) in [6.07, 6.45) is 4.18. The summed E-state index contributed by atoms with van der Waals surface area (Å²) in [7, 11) is 0. The van der Waals surface area contributed by atoms with E-state index in [0.717, 1.165) is 0 Å². The van der Waals surface area contributed by atoms with Crippen LogP contribution in [0.3, 0.4) is 0 Å². The van der Waals surface area contributed by atoms with Gasteiger partial charge in [0.1, 0.15) is 0 Å². The number of aliphatic hydroxyl groups excluding tert-OH is 1. The standard InChI is InChI=1S/C13H16N4O3/c1-8-4-14-12(9(2)13(8)17(19)20)7-16-6-11(5-15-16)10(3)18/h4-6,10,18H,7H2,1-3H3. The van der Waals surface area contributed by atoms with Crippen molar-refractivity contribution in [3.63, 3.8) is 0 Å². The second kappa shape index (κ2) is 5.38. The monoisotopic (exact) mass is 276 g/mol. The highest BCUT2D eigenvalue weighted by Crippen LogP contribution is 2.24. The summed E-state index contributed by atoms with van der Waals surface area (Å²) < 4.78 is 1.61. The van der Waals surface area contributed by atoms with Gasteiger partial charge in [-0.3, -0.25) is 19.8 Å². The minimum absolute atomic E-state index is 0.0953. The van der Waals surface area contributed by atoms with Crippen LogP contribution in [0.15, 0.2) is 18.6 Å². The average molecular weight is 276 g/mol. The van der Waals surface area contributed by atoms with E-state index in [1.807, 2.05) is 0 Å². The van der Waals surface area contributed by atoms with Gasteiger partial charge in [-0.25, -0.2) is 0 Å². The van der Waals surface area contributed by atoms with Gasteiger partial charge >= 0.3 is 0 Å². The maximum absolute atomic E-state index is 11.1. The fourth-order valence-corrected chi connectivity index (χ4v) is 2.04. The molecule has 0 spiro atoms. The molecule has 7 heteroatoms. The van der Waals surface area contributed by atoms with E-state index in [1.165, 1.54) is 6.20 Å². The molecule has 0 saturated heterocycles. The van der Waals surface area contributed by atoms with Crippen molar-refractivity contribution in [1.82, 2.24) is 14.8 Å². The third-order valence-corrected chi connectivity index (χ3v) is 3.21. The fraction of sp³-hybridized carbons (Fsp3) is 0.385. The third kappa shape index (κ3) is 2.67. The van der Waals surface area contributed by atoms with E-state index < -0.39 is 6.10 Å². The van der Waals surface area contributed by atoms with Crippen LogP contribution in [-0.2, 0) is 6.54 Å². The second-order valence-corrected chi connectivity index (χ2v) is 4.77. The molecule has 0 amide bonds. The van der Waals surface area contributed by atoms with E-state index >= 15 is 0 Å². The quantitative estimate of drug-likeness (QED) is 0.680. The lowest BCUT2D eigenvalue weighted by atomic mass is 10.1. The van der Waals surface area contributed by atoms with Crippen molar-refractivity contribution >= 4 is 5.69 Å². The zero-order valence-corrected chi connectivity index (χ0v) is 11.6. The van der Waals surface area contributed by atoms with Crippen molar-refractivity contribution in [2.24, 2.45) is 0 Å². The van der Waals surface area contributed by atoms with Crippen LogP contribution in [0, 0.1) is 24.0 Å². The maximum atomic E-state index is 11.1. The number of nitrogens with zero attached hydrogens (tertiary/aromatic N) is 4. The van der Waals surface area contributed by atoms with Crippen LogP contribution in [-0.4, -0.2) is 24.8 Å². The van der Waals surface area contributed by atoms with Crippen molar-refractivity contribution in [2.45, 2.75) is 33.4 Å². The molecule has 2 rings (SSSR count). The predicted molar refractivity (Wildman–Crippen MR) is 72.3 cm³/mol. The van der Waals surface area contributed by atoms with Crippen LogP contribution in [0.4, 0.5) is 5.69 Å². The Morgan fingerprint density at radius 1 is 1.45 bits per heavy atom. The van der Waals surface area contributed by atoms with E-state index in [1.54, 1.807) is 37.8 Å². The number of hydrogen-bond acceptors (Lipinski definition) is 5. The van der Waals surface area contributed by atoms with Gasteiger partial charge in [-0.2, -0.15) is 5.10 Å². The molecule has 0 aliphatic heterocycles. The Morgan fingerprint density at radius 3 is 2.70 bits per heavy atom. The first kappa shape index (κ1) is 14.1.